The first-order valence-electron chi connectivity index (χ1n) is 7.66. The van der Waals surface area contributed by atoms with Gasteiger partial charge < -0.3 is 14.9 Å². The van der Waals surface area contributed by atoms with Crippen LogP contribution < -0.4 is 0 Å². The van der Waals surface area contributed by atoms with Gasteiger partial charge in [0, 0.05) is 25.2 Å². The minimum atomic E-state index is -0.746. The highest BCUT2D eigenvalue weighted by atomic mass is 16.4. The fourth-order valence-electron chi connectivity index (χ4n) is 3.37. The van der Waals surface area contributed by atoms with Crippen molar-refractivity contribution in [2.75, 3.05) is 13.1 Å². The van der Waals surface area contributed by atoms with Crippen LogP contribution in [-0.4, -0.2) is 52.1 Å². The number of carbonyl (C=O) groups is 2. The molecule has 2 unspecified atom stereocenters. The predicted octanol–water partition coefficient (Wildman–Crippen LogP) is 2.56. The van der Waals surface area contributed by atoms with Gasteiger partial charge in [-0.15, -0.1) is 0 Å². The van der Waals surface area contributed by atoms with Gasteiger partial charge in [-0.05, 0) is 52.9 Å². The van der Waals surface area contributed by atoms with Crippen LogP contribution in [0.5, 0.6) is 0 Å². The molecule has 2 heterocycles. The number of nitrogens with zero attached hydrogens (tertiary/aromatic N) is 2. The van der Waals surface area contributed by atoms with Gasteiger partial charge in [-0.3, -0.25) is 4.79 Å². The van der Waals surface area contributed by atoms with Crippen molar-refractivity contribution in [1.82, 2.24) is 9.80 Å². The van der Waals surface area contributed by atoms with Crippen LogP contribution in [-0.2, 0) is 4.79 Å². The van der Waals surface area contributed by atoms with Crippen molar-refractivity contribution in [2.24, 2.45) is 5.41 Å². The van der Waals surface area contributed by atoms with E-state index < -0.39 is 11.4 Å². The molecule has 5 heteroatoms. The second kappa shape index (κ2) is 5.62. The van der Waals surface area contributed by atoms with Crippen LogP contribution in [0.15, 0.2) is 0 Å². The summed E-state index contributed by atoms with van der Waals surface area (Å²) in [7, 11) is 0. The molecular weight excluding hydrogens is 256 g/mol. The highest BCUT2D eigenvalue weighted by Crippen LogP contribution is 2.32. The summed E-state index contributed by atoms with van der Waals surface area (Å²) in [6.45, 7) is 7.11. The molecule has 0 aromatic carbocycles. The van der Waals surface area contributed by atoms with Gasteiger partial charge >= 0.3 is 12.0 Å². The normalized spacial score (nSPS) is 30.1. The maximum absolute atomic E-state index is 12.7. The van der Waals surface area contributed by atoms with Crippen LogP contribution in [0, 0.1) is 5.41 Å². The molecule has 2 fully saturated rings. The summed E-state index contributed by atoms with van der Waals surface area (Å²) in [6.07, 6.45) is 4.41. The largest absolute Gasteiger partial charge is 0.481 e. The quantitative estimate of drug-likeness (QED) is 0.804. The second-order valence-electron chi connectivity index (χ2n) is 6.67. The van der Waals surface area contributed by atoms with Crippen molar-refractivity contribution in [3.8, 4) is 0 Å². The predicted molar refractivity (Wildman–Crippen MR) is 76.6 cm³/mol. The maximum Gasteiger partial charge on any atom is 0.320 e. The van der Waals surface area contributed by atoms with Gasteiger partial charge in [0.25, 0.3) is 0 Å². The number of rotatable bonds is 1. The standard InChI is InChI=1S/C15H26N2O3/c1-11-5-4-6-12(2)17(11)14(20)16-9-7-15(3,8-10-16)13(18)19/h11-12H,4-10H2,1-3H3,(H,18,19). The van der Waals surface area contributed by atoms with Crippen molar-refractivity contribution in [3.05, 3.63) is 0 Å². The Labute approximate surface area is 120 Å². The Bertz CT molecular complexity index is 379. The molecule has 2 aliphatic rings. The van der Waals surface area contributed by atoms with E-state index in [4.69, 9.17) is 0 Å². The van der Waals surface area contributed by atoms with Gasteiger partial charge in [0.15, 0.2) is 0 Å². The minimum absolute atomic E-state index is 0.0946. The molecule has 2 amide bonds. The molecule has 0 saturated carbocycles. The lowest BCUT2D eigenvalue weighted by Gasteiger charge is -2.44. The van der Waals surface area contributed by atoms with Gasteiger partial charge in [-0.1, -0.05) is 0 Å². The third kappa shape index (κ3) is 2.76. The molecule has 2 rings (SSSR count). The van der Waals surface area contributed by atoms with Crippen molar-refractivity contribution in [1.29, 1.82) is 0 Å². The number of hydrogen-bond donors (Lipinski definition) is 1. The first-order chi connectivity index (χ1) is 9.35. The second-order valence-corrected chi connectivity index (χ2v) is 6.67. The first-order valence-corrected chi connectivity index (χ1v) is 7.66. The fraction of sp³-hybridized carbons (Fsp3) is 0.867. The maximum atomic E-state index is 12.7. The average molecular weight is 282 g/mol. The summed E-state index contributed by atoms with van der Waals surface area (Å²) in [6, 6.07) is 0.676. The molecule has 0 spiro atoms. The molecule has 2 atom stereocenters. The molecule has 0 aliphatic carbocycles. The third-order valence-electron chi connectivity index (χ3n) is 5.07. The number of hydrogen-bond acceptors (Lipinski definition) is 2. The van der Waals surface area contributed by atoms with Crippen LogP contribution in [0.4, 0.5) is 4.79 Å². The van der Waals surface area contributed by atoms with Crippen LogP contribution in [0.2, 0.25) is 0 Å². The lowest BCUT2D eigenvalue weighted by Crippen LogP contribution is -2.55. The Morgan fingerprint density at radius 1 is 1.10 bits per heavy atom. The van der Waals surface area contributed by atoms with Gasteiger partial charge in [-0.25, -0.2) is 4.79 Å². The smallest absolute Gasteiger partial charge is 0.320 e. The number of carboxylic acid groups (broad SMARTS) is 1. The van der Waals surface area contributed by atoms with E-state index in [1.807, 2.05) is 9.80 Å². The van der Waals surface area contributed by atoms with Crippen LogP contribution >= 0.6 is 0 Å². The Morgan fingerprint density at radius 3 is 2.05 bits per heavy atom. The Balaban J connectivity index is 1.99. The zero-order valence-electron chi connectivity index (χ0n) is 12.8. The molecule has 20 heavy (non-hydrogen) atoms. The molecule has 5 nitrogen and oxygen atoms in total. The molecule has 1 N–H and O–H groups in total. The summed E-state index contributed by atoms with van der Waals surface area (Å²) in [5.74, 6) is -0.746. The van der Waals surface area contributed by atoms with E-state index in [9.17, 15) is 14.7 Å². The van der Waals surface area contributed by atoms with Crippen molar-refractivity contribution in [3.63, 3.8) is 0 Å². The fourth-order valence-corrected chi connectivity index (χ4v) is 3.37. The van der Waals surface area contributed by atoms with Gasteiger partial charge in [0.05, 0.1) is 5.41 Å². The first kappa shape index (κ1) is 15.1. The Morgan fingerprint density at radius 2 is 1.60 bits per heavy atom. The molecule has 0 aromatic heterocycles. The number of urea groups is 1. The van der Waals surface area contributed by atoms with Crippen molar-refractivity contribution < 1.29 is 14.7 Å². The highest BCUT2D eigenvalue weighted by molar-refractivity contribution is 5.77. The third-order valence-corrected chi connectivity index (χ3v) is 5.07. The highest BCUT2D eigenvalue weighted by Gasteiger charge is 2.40. The number of likely N-dealkylation sites (tertiary alicyclic amines) is 2. The van der Waals surface area contributed by atoms with E-state index in [1.54, 1.807) is 6.92 Å². The van der Waals surface area contributed by atoms with Crippen molar-refractivity contribution >= 4 is 12.0 Å². The van der Waals surface area contributed by atoms with E-state index in [2.05, 4.69) is 13.8 Å². The summed E-state index contributed by atoms with van der Waals surface area (Å²) in [4.78, 5) is 27.7. The number of carbonyl (C=O) groups excluding carboxylic acids is 1. The summed E-state index contributed by atoms with van der Waals surface area (Å²) >= 11 is 0. The zero-order valence-corrected chi connectivity index (χ0v) is 12.8. The van der Waals surface area contributed by atoms with Gasteiger partial charge in [0.1, 0.15) is 0 Å². The van der Waals surface area contributed by atoms with E-state index in [1.165, 1.54) is 6.42 Å². The van der Waals surface area contributed by atoms with Crippen LogP contribution in [0.25, 0.3) is 0 Å². The summed E-state index contributed by atoms with van der Waals surface area (Å²) in [5.41, 5.74) is -0.671. The SMILES string of the molecule is CC1CCCC(C)N1C(=O)N1CCC(C)(C(=O)O)CC1. The topological polar surface area (TPSA) is 60.9 Å². The summed E-state index contributed by atoms with van der Waals surface area (Å²) < 4.78 is 0. The number of carboxylic acids is 1. The number of aliphatic carboxylic acids is 1. The molecule has 0 radical (unpaired) electrons. The summed E-state index contributed by atoms with van der Waals surface area (Å²) in [5, 5.41) is 9.24. The van der Waals surface area contributed by atoms with E-state index in [0.717, 1.165) is 12.8 Å². The Kier molecular flexibility index (Phi) is 4.25. The monoisotopic (exact) mass is 282 g/mol. The molecule has 114 valence electrons. The number of amides is 2. The molecule has 2 aliphatic heterocycles. The molecule has 2 saturated heterocycles. The zero-order chi connectivity index (χ0) is 14.9. The van der Waals surface area contributed by atoms with Crippen molar-refractivity contribution in [2.45, 2.75) is 65.0 Å². The van der Waals surface area contributed by atoms with Crippen LogP contribution in [0.3, 0.4) is 0 Å². The van der Waals surface area contributed by atoms with Crippen LogP contribution in [0.1, 0.15) is 52.9 Å². The lowest BCUT2D eigenvalue weighted by molar-refractivity contribution is -0.150. The minimum Gasteiger partial charge on any atom is -0.481 e. The van der Waals surface area contributed by atoms with E-state index >= 15 is 0 Å². The average Bonchev–Trinajstić information content (AvgIpc) is 2.39. The van der Waals surface area contributed by atoms with Gasteiger partial charge in [0.2, 0.25) is 0 Å². The molecular formula is C15H26N2O3. The lowest BCUT2D eigenvalue weighted by atomic mass is 9.80. The van der Waals surface area contributed by atoms with E-state index in [0.29, 0.717) is 38.0 Å². The van der Waals surface area contributed by atoms with Gasteiger partial charge in [-0.2, -0.15) is 0 Å². The van der Waals surface area contributed by atoms with E-state index in [-0.39, 0.29) is 6.03 Å². The Hall–Kier alpha value is -1.26. The molecule has 0 bridgehead atoms. The number of piperidine rings is 2. The molecule has 0 aromatic rings.